The SMILES string of the molecule is O=c1c2ccccc2nc(/C=C\c2ccccc2Cl)n1-c1ccccc1[N+](=O)[O-]. The van der Waals surface area contributed by atoms with Gasteiger partial charge in [-0.05, 0) is 42.0 Å². The fraction of sp³-hybridized carbons (Fsp3) is 0. The Morgan fingerprint density at radius 2 is 1.62 bits per heavy atom. The molecule has 0 radical (unpaired) electrons. The first-order valence-electron chi connectivity index (χ1n) is 8.74. The predicted molar refractivity (Wildman–Crippen MR) is 114 cm³/mol. The Kier molecular flexibility index (Phi) is 4.93. The number of hydrogen-bond donors (Lipinski definition) is 0. The Hall–Kier alpha value is -3.77. The van der Waals surface area contributed by atoms with Crippen molar-refractivity contribution in [3.05, 3.63) is 110 Å². The fourth-order valence-corrected chi connectivity index (χ4v) is 3.28. The molecule has 142 valence electrons. The van der Waals surface area contributed by atoms with Crippen molar-refractivity contribution in [3.63, 3.8) is 0 Å². The van der Waals surface area contributed by atoms with E-state index in [1.54, 1.807) is 54.6 Å². The second-order valence-corrected chi connectivity index (χ2v) is 6.64. The van der Waals surface area contributed by atoms with Crippen LogP contribution in [-0.2, 0) is 0 Å². The van der Waals surface area contributed by atoms with Crippen LogP contribution in [0.3, 0.4) is 0 Å². The van der Waals surface area contributed by atoms with Crippen LogP contribution in [0.1, 0.15) is 11.4 Å². The quantitative estimate of drug-likeness (QED) is 0.350. The molecule has 0 aliphatic carbocycles. The molecule has 0 amide bonds. The summed E-state index contributed by atoms with van der Waals surface area (Å²) in [5.74, 6) is 0.267. The highest BCUT2D eigenvalue weighted by molar-refractivity contribution is 6.32. The van der Waals surface area contributed by atoms with E-state index in [1.165, 1.54) is 16.7 Å². The highest BCUT2D eigenvalue weighted by atomic mass is 35.5. The number of nitro groups is 1. The van der Waals surface area contributed by atoms with Crippen LogP contribution in [-0.4, -0.2) is 14.5 Å². The Balaban J connectivity index is 2.02. The first kappa shape index (κ1) is 18.6. The second-order valence-electron chi connectivity index (χ2n) is 6.23. The minimum absolute atomic E-state index is 0.152. The summed E-state index contributed by atoms with van der Waals surface area (Å²) in [4.78, 5) is 28.8. The van der Waals surface area contributed by atoms with Gasteiger partial charge in [0, 0.05) is 11.1 Å². The maximum atomic E-state index is 13.2. The summed E-state index contributed by atoms with van der Waals surface area (Å²) in [6.45, 7) is 0. The molecule has 29 heavy (non-hydrogen) atoms. The molecule has 0 aliphatic heterocycles. The van der Waals surface area contributed by atoms with Crippen LogP contribution in [0, 0.1) is 10.1 Å². The third-order valence-corrected chi connectivity index (χ3v) is 4.78. The number of nitrogens with zero attached hydrogens (tertiary/aromatic N) is 3. The van der Waals surface area contributed by atoms with Crippen LogP contribution in [0.15, 0.2) is 77.6 Å². The fourth-order valence-electron chi connectivity index (χ4n) is 3.08. The maximum Gasteiger partial charge on any atom is 0.293 e. The highest BCUT2D eigenvalue weighted by Crippen LogP contribution is 2.24. The second kappa shape index (κ2) is 7.69. The molecule has 4 rings (SSSR count). The molecular formula is C22H14ClN3O3. The van der Waals surface area contributed by atoms with E-state index in [2.05, 4.69) is 4.98 Å². The molecule has 7 heteroatoms. The van der Waals surface area contributed by atoms with Gasteiger partial charge in [-0.1, -0.05) is 54.1 Å². The van der Waals surface area contributed by atoms with Gasteiger partial charge in [0.1, 0.15) is 11.5 Å². The molecule has 0 fully saturated rings. The summed E-state index contributed by atoms with van der Waals surface area (Å²) >= 11 is 6.21. The van der Waals surface area contributed by atoms with Crippen molar-refractivity contribution in [1.82, 2.24) is 9.55 Å². The van der Waals surface area contributed by atoms with E-state index in [0.717, 1.165) is 5.56 Å². The molecule has 0 saturated carbocycles. The Morgan fingerprint density at radius 1 is 0.931 bits per heavy atom. The van der Waals surface area contributed by atoms with E-state index in [-0.39, 0.29) is 22.8 Å². The van der Waals surface area contributed by atoms with Gasteiger partial charge in [-0.3, -0.25) is 19.5 Å². The highest BCUT2D eigenvalue weighted by Gasteiger charge is 2.19. The number of aromatic nitrogens is 2. The third-order valence-electron chi connectivity index (χ3n) is 4.44. The molecule has 6 nitrogen and oxygen atoms in total. The van der Waals surface area contributed by atoms with E-state index in [0.29, 0.717) is 15.9 Å². The zero-order valence-electron chi connectivity index (χ0n) is 15.0. The first-order chi connectivity index (χ1) is 14.1. The van der Waals surface area contributed by atoms with Crippen LogP contribution in [0.2, 0.25) is 5.02 Å². The molecule has 0 bridgehead atoms. The van der Waals surface area contributed by atoms with Gasteiger partial charge < -0.3 is 0 Å². The third kappa shape index (κ3) is 3.53. The lowest BCUT2D eigenvalue weighted by atomic mass is 10.2. The largest absolute Gasteiger partial charge is 0.293 e. The van der Waals surface area contributed by atoms with Crippen molar-refractivity contribution in [2.24, 2.45) is 0 Å². The van der Waals surface area contributed by atoms with Crippen molar-refractivity contribution in [3.8, 4) is 5.69 Å². The number of para-hydroxylation sites is 3. The first-order valence-corrected chi connectivity index (χ1v) is 9.12. The number of rotatable bonds is 4. The van der Waals surface area contributed by atoms with Gasteiger partial charge in [0.05, 0.1) is 15.8 Å². The van der Waals surface area contributed by atoms with Gasteiger partial charge in [0.25, 0.3) is 11.2 Å². The average Bonchev–Trinajstić information content (AvgIpc) is 2.73. The van der Waals surface area contributed by atoms with Gasteiger partial charge in [-0.15, -0.1) is 0 Å². The summed E-state index contributed by atoms with van der Waals surface area (Å²) in [6, 6.07) is 20.2. The lowest BCUT2D eigenvalue weighted by Gasteiger charge is -2.11. The number of nitro benzene ring substituents is 1. The minimum Gasteiger partial charge on any atom is -0.268 e. The standard InChI is InChI=1S/C22H14ClN3O3/c23-17-9-3-1-7-15(17)13-14-21-24-18-10-4-2-8-16(18)22(27)25(21)19-11-5-6-12-20(19)26(28)29/h1-14H/b14-13-. The smallest absolute Gasteiger partial charge is 0.268 e. The van der Waals surface area contributed by atoms with E-state index >= 15 is 0 Å². The number of fused-ring (bicyclic) bond motifs is 1. The predicted octanol–water partition coefficient (Wildman–Crippen LogP) is 5.12. The molecule has 0 spiro atoms. The van der Waals surface area contributed by atoms with Crippen molar-refractivity contribution in [2.45, 2.75) is 0 Å². The van der Waals surface area contributed by atoms with Gasteiger partial charge >= 0.3 is 0 Å². The maximum absolute atomic E-state index is 13.2. The molecule has 0 saturated heterocycles. The molecule has 0 aliphatic rings. The summed E-state index contributed by atoms with van der Waals surface area (Å²) < 4.78 is 1.26. The Morgan fingerprint density at radius 3 is 2.41 bits per heavy atom. The summed E-state index contributed by atoms with van der Waals surface area (Å²) in [5, 5.41) is 12.5. The minimum atomic E-state index is -0.515. The number of hydrogen-bond acceptors (Lipinski definition) is 4. The van der Waals surface area contributed by atoms with Crippen molar-refractivity contribution in [2.75, 3.05) is 0 Å². The zero-order chi connectivity index (χ0) is 20.4. The van der Waals surface area contributed by atoms with Gasteiger partial charge in [0.2, 0.25) is 0 Å². The van der Waals surface area contributed by atoms with Crippen LogP contribution in [0.5, 0.6) is 0 Å². The molecule has 1 heterocycles. The lowest BCUT2D eigenvalue weighted by Crippen LogP contribution is -2.23. The normalized spacial score (nSPS) is 11.2. The van der Waals surface area contributed by atoms with Gasteiger partial charge in [-0.2, -0.15) is 0 Å². The number of halogens is 1. The van der Waals surface area contributed by atoms with Crippen LogP contribution in [0.25, 0.3) is 28.7 Å². The molecule has 0 N–H and O–H groups in total. The van der Waals surface area contributed by atoms with Crippen LogP contribution >= 0.6 is 11.6 Å². The molecule has 4 aromatic rings. The lowest BCUT2D eigenvalue weighted by molar-refractivity contribution is -0.384. The van der Waals surface area contributed by atoms with E-state index in [4.69, 9.17) is 11.6 Å². The van der Waals surface area contributed by atoms with Crippen molar-refractivity contribution in [1.29, 1.82) is 0 Å². The van der Waals surface area contributed by atoms with Gasteiger partial charge in [-0.25, -0.2) is 4.98 Å². The summed E-state index contributed by atoms with van der Waals surface area (Å²) in [7, 11) is 0. The monoisotopic (exact) mass is 403 g/mol. The number of benzene rings is 3. The van der Waals surface area contributed by atoms with Crippen molar-refractivity contribution >= 4 is 40.3 Å². The molecule has 3 aromatic carbocycles. The zero-order valence-corrected chi connectivity index (χ0v) is 15.8. The Labute approximate surface area is 170 Å². The van der Waals surface area contributed by atoms with Crippen LogP contribution in [0.4, 0.5) is 5.69 Å². The molecular weight excluding hydrogens is 390 g/mol. The molecule has 0 unspecified atom stereocenters. The summed E-state index contributed by atoms with van der Waals surface area (Å²) in [5.41, 5.74) is 0.833. The topological polar surface area (TPSA) is 78.0 Å². The van der Waals surface area contributed by atoms with E-state index in [9.17, 15) is 14.9 Å². The Bertz CT molecular complexity index is 1330. The molecule has 1 aromatic heterocycles. The van der Waals surface area contributed by atoms with Gasteiger partial charge in [0.15, 0.2) is 0 Å². The van der Waals surface area contributed by atoms with Crippen molar-refractivity contribution < 1.29 is 4.92 Å². The van der Waals surface area contributed by atoms with E-state index < -0.39 is 4.92 Å². The van der Waals surface area contributed by atoms with Crippen LogP contribution < -0.4 is 5.56 Å². The average molecular weight is 404 g/mol. The van der Waals surface area contributed by atoms with E-state index in [1.807, 2.05) is 18.2 Å². The molecule has 0 atom stereocenters. The summed E-state index contributed by atoms with van der Waals surface area (Å²) in [6.07, 6.45) is 3.36.